The van der Waals surface area contributed by atoms with Crippen LogP contribution < -0.4 is 15.4 Å². The lowest BCUT2D eigenvalue weighted by atomic mass is 9.82. The molecule has 0 atom stereocenters. The second-order valence-corrected chi connectivity index (χ2v) is 4.89. The maximum absolute atomic E-state index is 11.5. The molecule has 1 aliphatic carbocycles. The van der Waals surface area contributed by atoms with Gasteiger partial charge >= 0.3 is 6.03 Å². The molecule has 0 radical (unpaired) electrons. The maximum atomic E-state index is 11.5. The third-order valence-corrected chi connectivity index (χ3v) is 3.31. The lowest BCUT2D eigenvalue weighted by Gasteiger charge is -2.32. The van der Waals surface area contributed by atoms with E-state index in [2.05, 4.69) is 27.8 Å². The maximum Gasteiger partial charge on any atom is 0.321 e. The Labute approximate surface area is 97.4 Å². The summed E-state index contributed by atoms with van der Waals surface area (Å²) in [7, 11) is 1.51. The molecule has 1 aliphatic rings. The monoisotopic (exact) mass is 242 g/mol. The van der Waals surface area contributed by atoms with E-state index in [4.69, 9.17) is 4.74 Å². The average molecular weight is 242 g/mol. The van der Waals surface area contributed by atoms with Crippen molar-refractivity contribution in [1.29, 1.82) is 0 Å². The van der Waals surface area contributed by atoms with E-state index in [9.17, 15) is 4.79 Å². The summed E-state index contributed by atoms with van der Waals surface area (Å²) >= 11 is 1.20. The van der Waals surface area contributed by atoms with Crippen molar-refractivity contribution in [2.75, 3.05) is 12.4 Å². The lowest BCUT2D eigenvalue weighted by molar-refractivity contribution is 0.219. The fraction of sp³-hybridized carbons (Fsp3) is 0.667. The van der Waals surface area contributed by atoms with Crippen LogP contribution in [0.4, 0.5) is 9.93 Å². The van der Waals surface area contributed by atoms with Gasteiger partial charge in [-0.15, -0.1) is 5.10 Å². The number of methoxy groups -OCH3 is 1. The Balaban J connectivity index is 1.78. The number of ether oxygens (including phenoxy) is 1. The second-order valence-electron chi connectivity index (χ2n) is 3.95. The summed E-state index contributed by atoms with van der Waals surface area (Å²) in [5.74, 6) is 0.715. The van der Waals surface area contributed by atoms with Crippen molar-refractivity contribution < 1.29 is 9.53 Å². The van der Waals surface area contributed by atoms with Gasteiger partial charge in [0.2, 0.25) is 5.13 Å². The predicted molar refractivity (Wildman–Crippen MR) is 60.8 cm³/mol. The fourth-order valence-electron chi connectivity index (χ4n) is 1.68. The van der Waals surface area contributed by atoms with Gasteiger partial charge in [0.25, 0.3) is 5.19 Å². The largest absolute Gasteiger partial charge is 0.472 e. The Bertz CT molecular complexity index is 375. The highest BCUT2D eigenvalue weighted by Gasteiger charge is 2.26. The van der Waals surface area contributed by atoms with Gasteiger partial charge in [0.1, 0.15) is 0 Å². The van der Waals surface area contributed by atoms with Crippen LogP contribution >= 0.6 is 11.3 Å². The Morgan fingerprint density at radius 2 is 2.25 bits per heavy atom. The molecular formula is C9H14N4O2S. The van der Waals surface area contributed by atoms with Gasteiger partial charge in [-0.2, -0.15) is 0 Å². The summed E-state index contributed by atoms with van der Waals surface area (Å²) < 4.78 is 4.88. The van der Waals surface area contributed by atoms with Crippen molar-refractivity contribution in [2.45, 2.75) is 25.8 Å². The van der Waals surface area contributed by atoms with Crippen LogP contribution in [0.25, 0.3) is 0 Å². The predicted octanol–water partition coefficient (Wildman–Crippen LogP) is 1.47. The normalized spacial score (nSPS) is 23.4. The minimum Gasteiger partial charge on any atom is -0.472 e. The number of rotatable bonds is 3. The lowest BCUT2D eigenvalue weighted by Crippen LogP contribution is -2.45. The van der Waals surface area contributed by atoms with Gasteiger partial charge in [0.15, 0.2) is 0 Å². The van der Waals surface area contributed by atoms with Gasteiger partial charge in [0.05, 0.1) is 7.11 Å². The summed E-state index contributed by atoms with van der Waals surface area (Å²) in [5.41, 5.74) is 0. The number of hydrogen-bond donors (Lipinski definition) is 2. The van der Waals surface area contributed by atoms with E-state index >= 15 is 0 Å². The van der Waals surface area contributed by atoms with Crippen LogP contribution in [0.15, 0.2) is 0 Å². The first-order valence-corrected chi connectivity index (χ1v) is 5.94. The molecule has 0 aromatic carbocycles. The third-order valence-electron chi connectivity index (χ3n) is 2.51. The molecule has 0 aliphatic heterocycles. The highest BCUT2D eigenvalue weighted by Crippen LogP contribution is 2.26. The standard InChI is InChI=1S/C9H14N4O2S/c1-5-3-6(4-5)10-7(14)11-8-12-13-9(15-2)16-8/h5-6H,3-4H2,1-2H3,(H2,10,11,12,14). The first-order valence-electron chi connectivity index (χ1n) is 5.12. The summed E-state index contributed by atoms with van der Waals surface area (Å²) in [6.45, 7) is 2.17. The van der Waals surface area contributed by atoms with Crippen molar-refractivity contribution in [3.8, 4) is 5.19 Å². The zero-order valence-corrected chi connectivity index (χ0v) is 10.0. The zero-order chi connectivity index (χ0) is 11.5. The van der Waals surface area contributed by atoms with Gasteiger partial charge in [-0.05, 0) is 30.1 Å². The topological polar surface area (TPSA) is 76.1 Å². The van der Waals surface area contributed by atoms with Gasteiger partial charge in [-0.1, -0.05) is 12.0 Å². The zero-order valence-electron chi connectivity index (χ0n) is 9.19. The molecule has 7 heteroatoms. The molecule has 0 spiro atoms. The van der Waals surface area contributed by atoms with Gasteiger partial charge < -0.3 is 10.1 Å². The molecule has 1 saturated carbocycles. The Morgan fingerprint density at radius 1 is 1.50 bits per heavy atom. The quantitative estimate of drug-likeness (QED) is 0.841. The van der Waals surface area contributed by atoms with E-state index in [1.165, 1.54) is 18.4 Å². The Hall–Kier alpha value is -1.37. The molecule has 16 heavy (non-hydrogen) atoms. The van der Waals surface area contributed by atoms with E-state index in [1.54, 1.807) is 0 Å². The number of carbonyl (C=O) groups is 1. The van der Waals surface area contributed by atoms with Gasteiger partial charge in [0, 0.05) is 6.04 Å². The van der Waals surface area contributed by atoms with Crippen LogP contribution in [-0.2, 0) is 0 Å². The minimum absolute atomic E-state index is 0.226. The van der Waals surface area contributed by atoms with E-state index in [-0.39, 0.29) is 6.03 Å². The average Bonchev–Trinajstić information content (AvgIpc) is 2.63. The molecule has 1 fully saturated rings. The Morgan fingerprint density at radius 3 is 2.81 bits per heavy atom. The third kappa shape index (κ3) is 2.60. The van der Waals surface area contributed by atoms with Crippen LogP contribution in [0, 0.1) is 5.92 Å². The van der Waals surface area contributed by atoms with E-state index in [1.807, 2.05) is 0 Å². The van der Waals surface area contributed by atoms with E-state index in [0.29, 0.717) is 22.3 Å². The molecule has 0 saturated heterocycles. The summed E-state index contributed by atoms with van der Waals surface area (Å²) in [4.78, 5) is 11.5. The number of anilines is 1. The van der Waals surface area contributed by atoms with Crippen LogP contribution in [0.2, 0.25) is 0 Å². The highest BCUT2D eigenvalue weighted by atomic mass is 32.1. The van der Waals surface area contributed by atoms with Crippen molar-refractivity contribution in [3.05, 3.63) is 0 Å². The van der Waals surface area contributed by atoms with Crippen LogP contribution in [0.3, 0.4) is 0 Å². The van der Waals surface area contributed by atoms with Crippen molar-refractivity contribution in [2.24, 2.45) is 5.92 Å². The van der Waals surface area contributed by atoms with Crippen molar-refractivity contribution in [3.63, 3.8) is 0 Å². The number of nitrogens with one attached hydrogen (secondary N) is 2. The number of hydrogen-bond acceptors (Lipinski definition) is 5. The second kappa shape index (κ2) is 4.65. The van der Waals surface area contributed by atoms with Crippen molar-refractivity contribution in [1.82, 2.24) is 15.5 Å². The summed E-state index contributed by atoms with van der Waals surface area (Å²) in [6.07, 6.45) is 2.10. The molecule has 1 aromatic rings. The van der Waals surface area contributed by atoms with Gasteiger partial charge in [-0.3, -0.25) is 5.32 Å². The smallest absolute Gasteiger partial charge is 0.321 e. The summed E-state index contributed by atoms with van der Waals surface area (Å²) in [5, 5.41) is 13.9. The Kier molecular flexibility index (Phi) is 3.23. The molecule has 1 aromatic heterocycles. The first-order chi connectivity index (χ1) is 7.67. The highest BCUT2D eigenvalue weighted by molar-refractivity contribution is 7.17. The molecule has 1 heterocycles. The summed E-state index contributed by atoms with van der Waals surface area (Å²) in [6, 6.07) is 0.0699. The fourth-order valence-corrected chi connectivity index (χ4v) is 2.24. The van der Waals surface area contributed by atoms with Crippen LogP contribution in [0.1, 0.15) is 19.8 Å². The molecule has 6 nitrogen and oxygen atoms in total. The SMILES string of the molecule is COc1nnc(NC(=O)NC2CC(C)C2)s1. The first kappa shape index (κ1) is 11.1. The molecule has 2 amide bonds. The minimum atomic E-state index is -0.226. The molecule has 2 rings (SSSR count). The number of aromatic nitrogens is 2. The molecule has 88 valence electrons. The van der Waals surface area contributed by atoms with Crippen LogP contribution in [-0.4, -0.2) is 29.4 Å². The van der Waals surface area contributed by atoms with E-state index in [0.717, 1.165) is 12.8 Å². The molecule has 0 unspecified atom stereocenters. The molecular weight excluding hydrogens is 228 g/mol. The number of urea groups is 1. The number of amides is 2. The van der Waals surface area contributed by atoms with Crippen molar-refractivity contribution >= 4 is 22.5 Å². The molecule has 2 N–H and O–H groups in total. The van der Waals surface area contributed by atoms with E-state index < -0.39 is 0 Å². The number of nitrogens with zero attached hydrogens (tertiary/aromatic N) is 2. The molecule has 0 bridgehead atoms. The van der Waals surface area contributed by atoms with Gasteiger partial charge in [-0.25, -0.2) is 4.79 Å². The van der Waals surface area contributed by atoms with Crippen LogP contribution in [0.5, 0.6) is 5.19 Å². The number of carbonyl (C=O) groups excluding carboxylic acids is 1.